The van der Waals surface area contributed by atoms with Gasteiger partial charge in [0, 0.05) is 37.8 Å². The number of nitrogens with one attached hydrogen (secondary N) is 2. The molecule has 1 saturated heterocycles. The van der Waals surface area contributed by atoms with Gasteiger partial charge in [-0.25, -0.2) is 0 Å². The van der Waals surface area contributed by atoms with Gasteiger partial charge < -0.3 is 15.4 Å². The Hall–Kier alpha value is -2.23. The van der Waals surface area contributed by atoms with Crippen molar-refractivity contribution in [3.05, 3.63) is 33.3 Å². The lowest BCUT2D eigenvalue weighted by Crippen LogP contribution is -2.43. The Labute approximate surface area is 174 Å². The van der Waals surface area contributed by atoms with E-state index in [9.17, 15) is 19.7 Å². The van der Waals surface area contributed by atoms with Crippen LogP contribution in [-0.4, -0.2) is 61.0 Å². The summed E-state index contributed by atoms with van der Waals surface area (Å²) in [5, 5.41) is 16.5. The molecule has 10 heteroatoms. The van der Waals surface area contributed by atoms with Crippen molar-refractivity contribution in [2.24, 2.45) is 5.92 Å². The summed E-state index contributed by atoms with van der Waals surface area (Å²) in [4.78, 5) is 36.6. The van der Waals surface area contributed by atoms with Gasteiger partial charge in [-0.1, -0.05) is 11.6 Å². The molecule has 1 aromatic carbocycles. The minimum absolute atomic E-state index is 0.0366. The standard InChI is InChI=1S/C19H27ClN4O5/c1-2-29-11-3-8-21-19(26)14-6-9-23(10-7-14)13-18(25)22-17-5-4-15(24(27)28)12-16(17)20/h4-5,12,14H,2-3,6-11,13H2,1H3,(H,21,26)(H,22,25). The number of ether oxygens (including phenoxy) is 1. The van der Waals surface area contributed by atoms with Crippen LogP contribution in [0.3, 0.4) is 0 Å². The second kappa shape index (κ2) is 11.7. The van der Waals surface area contributed by atoms with E-state index in [4.69, 9.17) is 16.3 Å². The van der Waals surface area contributed by atoms with Crippen LogP contribution in [0.2, 0.25) is 5.02 Å². The Morgan fingerprint density at radius 3 is 2.69 bits per heavy atom. The fourth-order valence-electron chi connectivity index (χ4n) is 3.14. The van der Waals surface area contributed by atoms with Crippen molar-refractivity contribution in [1.29, 1.82) is 0 Å². The predicted octanol–water partition coefficient (Wildman–Crippen LogP) is 2.44. The van der Waals surface area contributed by atoms with Gasteiger partial charge in [-0.15, -0.1) is 0 Å². The minimum Gasteiger partial charge on any atom is -0.382 e. The lowest BCUT2D eigenvalue weighted by Gasteiger charge is -2.30. The van der Waals surface area contributed by atoms with Crippen molar-refractivity contribution in [2.75, 3.05) is 44.7 Å². The Balaban J connectivity index is 1.71. The molecular formula is C19H27ClN4O5. The number of nitrogens with zero attached hydrogens (tertiary/aromatic N) is 2. The quantitative estimate of drug-likeness (QED) is 0.337. The van der Waals surface area contributed by atoms with Crippen LogP contribution in [0.1, 0.15) is 26.2 Å². The molecule has 0 aliphatic carbocycles. The van der Waals surface area contributed by atoms with Crippen molar-refractivity contribution in [3.8, 4) is 0 Å². The van der Waals surface area contributed by atoms with Crippen LogP contribution in [0, 0.1) is 16.0 Å². The molecule has 29 heavy (non-hydrogen) atoms. The first-order chi connectivity index (χ1) is 13.9. The molecular weight excluding hydrogens is 400 g/mol. The number of carbonyl (C=O) groups excluding carboxylic acids is 2. The first-order valence-electron chi connectivity index (χ1n) is 9.72. The third-order valence-electron chi connectivity index (χ3n) is 4.73. The zero-order valence-corrected chi connectivity index (χ0v) is 17.2. The topological polar surface area (TPSA) is 114 Å². The molecule has 9 nitrogen and oxygen atoms in total. The molecule has 0 spiro atoms. The summed E-state index contributed by atoms with van der Waals surface area (Å²) in [5.74, 6) is -0.228. The van der Waals surface area contributed by atoms with E-state index in [1.807, 2.05) is 11.8 Å². The summed E-state index contributed by atoms with van der Waals surface area (Å²) >= 11 is 6.00. The minimum atomic E-state index is -0.545. The van der Waals surface area contributed by atoms with Crippen LogP contribution in [0.4, 0.5) is 11.4 Å². The number of hydrogen-bond acceptors (Lipinski definition) is 6. The molecule has 160 valence electrons. The van der Waals surface area contributed by atoms with Crippen LogP contribution < -0.4 is 10.6 Å². The summed E-state index contributed by atoms with van der Waals surface area (Å²) in [6.07, 6.45) is 2.19. The van der Waals surface area contributed by atoms with E-state index in [2.05, 4.69) is 10.6 Å². The first-order valence-corrected chi connectivity index (χ1v) is 10.1. The molecule has 1 aliphatic rings. The second-order valence-corrected chi connectivity index (χ2v) is 7.27. The molecule has 0 atom stereocenters. The highest BCUT2D eigenvalue weighted by atomic mass is 35.5. The van der Waals surface area contributed by atoms with E-state index in [0.29, 0.717) is 51.4 Å². The number of nitro groups is 1. The molecule has 2 N–H and O–H groups in total. The van der Waals surface area contributed by atoms with Crippen molar-refractivity contribution in [1.82, 2.24) is 10.2 Å². The maximum absolute atomic E-state index is 12.3. The number of rotatable bonds is 10. The fraction of sp³-hybridized carbons (Fsp3) is 0.579. The van der Waals surface area contributed by atoms with Crippen LogP contribution >= 0.6 is 11.6 Å². The zero-order chi connectivity index (χ0) is 21.2. The summed E-state index contributed by atoms with van der Waals surface area (Å²) < 4.78 is 5.24. The number of benzene rings is 1. The van der Waals surface area contributed by atoms with Gasteiger partial charge in [0.05, 0.1) is 22.2 Å². The summed E-state index contributed by atoms with van der Waals surface area (Å²) in [6.45, 7) is 5.34. The van der Waals surface area contributed by atoms with Crippen LogP contribution in [-0.2, 0) is 14.3 Å². The fourth-order valence-corrected chi connectivity index (χ4v) is 3.36. The number of anilines is 1. The first kappa shape index (κ1) is 23.1. The van der Waals surface area contributed by atoms with E-state index in [0.717, 1.165) is 6.42 Å². The third kappa shape index (κ3) is 7.60. The van der Waals surface area contributed by atoms with Gasteiger partial charge in [-0.05, 0) is 45.3 Å². The molecule has 1 aliphatic heterocycles. The molecule has 0 saturated carbocycles. The summed E-state index contributed by atoms with van der Waals surface area (Å²) in [6, 6.07) is 3.91. The molecule has 0 radical (unpaired) electrons. The van der Waals surface area contributed by atoms with Crippen LogP contribution in [0.25, 0.3) is 0 Å². The van der Waals surface area contributed by atoms with Gasteiger partial charge in [0.25, 0.3) is 5.69 Å². The smallest absolute Gasteiger partial charge is 0.271 e. The zero-order valence-electron chi connectivity index (χ0n) is 16.5. The number of nitro benzene ring substituents is 1. The molecule has 0 aromatic heterocycles. The van der Waals surface area contributed by atoms with Gasteiger partial charge in [0.15, 0.2) is 0 Å². The van der Waals surface area contributed by atoms with E-state index in [1.165, 1.54) is 18.2 Å². The summed E-state index contributed by atoms with van der Waals surface area (Å²) in [7, 11) is 0. The van der Waals surface area contributed by atoms with Gasteiger partial charge >= 0.3 is 0 Å². The predicted molar refractivity (Wildman–Crippen MR) is 110 cm³/mol. The molecule has 0 unspecified atom stereocenters. The second-order valence-electron chi connectivity index (χ2n) is 6.86. The summed E-state index contributed by atoms with van der Waals surface area (Å²) in [5.41, 5.74) is 0.204. The monoisotopic (exact) mass is 426 g/mol. The molecule has 1 heterocycles. The van der Waals surface area contributed by atoms with Crippen LogP contribution in [0.5, 0.6) is 0 Å². The highest BCUT2D eigenvalue weighted by molar-refractivity contribution is 6.34. The van der Waals surface area contributed by atoms with Gasteiger partial charge in [0.2, 0.25) is 11.8 Å². The SMILES string of the molecule is CCOCCCNC(=O)C1CCN(CC(=O)Nc2ccc([N+](=O)[O-])cc2Cl)CC1. The lowest BCUT2D eigenvalue weighted by atomic mass is 9.96. The average molecular weight is 427 g/mol. The Bertz CT molecular complexity index is 723. The van der Waals surface area contributed by atoms with Crippen molar-refractivity contribution in [2.45, 2.75) is 26.2 Å². The van der Waals surface area contributed by atoms with E-state index in [-0.39, 0.29) is 35.0 Å². The van der Waals surface area contributed by atoms with E-state index < -0.39 is 4.92 Å². The van der Waals surface area contributed by atoms with E-state index >= 15 is 0 Å². The van der Waals surface area contributed by atoms with Crippen molar-refractivity contribution < 1.29 is 19.2 Å². The Kier molecular flexibility index (Phi) is 9.30. The average Bonchev–Trinajstić information content (AvgIpc) is 2.69. The molecule has 1 aromatic rings. The largest absolute Gasteiger partial charge is 0.382 e. The molecule has 0 bridgehead atoms. The lowest BCUT2D eigenvalue weighted by molar-refractivity contribution is -0.384. The molecule has 2 rings (SSSR count). The van der Waals surface area contributed by atoms with Gasteiger partial charge in [-0.3, -0.25) is 24.6 Å². The normalized spacial score (nSPS) is 15.1. The number of likely N-dealkylation sites (tertiary alicyclic amines) is 1. The number of halogens is 1. The van der Waals surface area contributed by atoms with Gasteiger partial charge in [0.1, 0.15) is 0 Å². The number of piperidine rings is 1. The highest BCUT2D eigenvalue weighted by Gasteiger charge is 2.25. The number of non-ortho nitro benzene ring substituents is 1. The van der Waals surface area contributed by atoms with Crippen molar-refractivity contribution in [3.63, 3.8) is 0 Å². The number of carbonyl (C=O) groups is 2. The van der Waals surface area contributed by atoms with E-state index in [1.54, 1.807) is 0 Å². The molecule has 1 fully saturated rings. The maximum atomic E-state index is 12.3. The highest BCUT2D eigenvalue weighted by Crippen LogP contribution is 2.26. The third-order valence-corrected chi connectivity index (χ3v) is 5.04. The van der Waals surface area contributed by atoms with Gasteiger partial charge in [-0.2, -0.15) is 0 Å². The Morgan fingerprint density at radius 1 is 1.34 bits per heavy atom. The Morgan fingerprint density at radius 2 is 2.07 bits per heavy atom. The molecule has 2 amide bonds. The number of hydrogen-bond donors (Lipinski definition) is 2. The van der Waals surface area contributed by atoms with Crippen LogP contribution in [0.15, 0.2) is 18.2 Å². The maximum Gasteiger partial charge on any atom is 0.271 e. The number of amides is 2. The van der Waals surface area contributed by atoms with Crippen molar-refractivity contribution >= 4 is 34.8 Å².